The Morgan fingerprint density at radius 2 is 1.82 bits per heavy atom. The summed E-state index contributed by atoms with van der Waals surface area (Å²) in [5.74, 6) is -0.786. The SMILES string of the molecule is CCc1cc2c(cc1CC)CC(NCC(O)c1ccc(OC(=O)CO)c3c1CCC(=O)N3)C2. The molecule has 0 radical (unpaired) electrons. The van der Waals surface area contributed by atoms with E-state index in [0.29, 0.717) is 30.6 Å². The molecule has 4 N–H and O–H groups in total. The predicted octanol–water partition coefficient (Wildman–Crippen LogP) is 2.38. The van der Waals surface area contributed by atoms with Gasteiger partial charge in [-0.2, -0.15) is 0 Å². The van der Waals surface area contributed by atoms with Crippen LogP contribution in [0.5, 0.6) is 5.75 Å². The summed E-state index contributed by atoms with van der Waals surface area (Å²) in [7, 11) is 0. The standard InChI is InChI=1S/C26H32N2O5/c1-3-15-9-17-11-19(12-18(17)10-16(15)4-2)27-13-22(30)20-5-7-23(33-25(32)14-29)26-21(20)6-8-24(31)28-26/h5,7,9-10,19,22,27,29-30H,3-4,6,8,11-14H2,1-2H3,(H,28,31). The molecule has 7 nitrogen and oxygen atoms in total. The summed E-state index contributed by atoms with van der Waals surface area (Å²) in [6, 6.07) is 8.25. The summed E-state index contributed by atoms with van der Waals surface area (Å²) in [6.07, 6.45) is 3.96. The van der Waals surface area contributed by atoms with E-state index in [-0.39, 0.29) is 17.7 Å². The van der Waals surface area contributed by atoms with Crippen LogP contribution in [0.1, 0.15) is 59.8 Å². The van der Waals surface area contributed by atoms with Crippen molar-refractivity contribution in [2.24, 2.45) is 0 Å². The molecular formula is C26H32N2O5. The predicted molar refractivity (Wildman–Crippen MR) is 125 cm³/mol. The van der Waals surface area contributed by atoms with Crippen LogP contribution in [0.2, 0.25) is 0 Å². The molecule has 2 aliphatic rings. The molecule has 1 amide bonds. The quantitative estimate of drug-likeness (QED) is 0.362. The van der Waals surface area contributed by atoms with Crippen molar-refractivity contribution in [3.8, 4) is 5.75 Å². The van der Waals surface area contributed by atoms with Gasteiger partial charge in [-0.05, 0) is 71.6 Å². The van der Waals surface area contributed by atoms with E-state index in [4.69, 9.17) is 9.84 Å². The number of carbonyl (C=O) groups is 2. The van der Waals surface area contributed by atoms with Crippen LogP contribution in [-0.2, 0) is 41.7 Å². The number of aryl methyl sites for hydroxylation is 2. The fraction of sp³-hybridized carbons (Fsp3) is 0.462. The number of hydrogen-bond donors (Lipinski definition) is 4. The highest BCUT2D eigenvalue weighted by molar-refractivity contribution is 5.96. The molecule has 2 aromatic rings. The van der Waals surface area contributed by atoms with Crippen LogP contribution in [0.15, 0.2) is 24.3 Å². The molecule has 1 aliphatic carbocycles. The lowest BCUT2D eigenvalue weighted by Gasteiger charge is -2.25. The smallest absolute Gasteiger partial charge is 0.337 e. The second-order valence-corrected chi connectivity index (χ2v) is 8.81. The number of rotatable bonds is 8. The lowest BCUT2D eigenvalue weighted by Crippen LogP contribution is -2.34. The Morgan fingerprint density at radius 1 is 1.15 bits per heavy atom. The van der Waals surface area contributed by atoms with E-state index < -0.39 is 18.7 Å². The third-order valence-corrected chi connectivity index (χ3v) is 6.71. The lowest BCUT2D eigenvalue weighted by atomic mass is 9.93. The van der Waals surface area contributed by atoms with Crippen molar-refractivity contribution in [2.75, 3.05) is 18.5 Å². The normalized spacial score (nSPS) is 16.2. The molecule has 0 aromatic heterocycles. The third-order valence-electron chi connectivity index (χ3n) is 6.71. The van der Waals surface area contributed by atoms with Crippen molar-refractivity contribution in [1.29, 1.82) is 0 Å². The summed E-state index contributed by atoms with van der Waals surface area (Å²) in [5, 5.41) is 26.2. The first-order valence-corrected chi connectivity index (χ1v) is 11.8. The molecule has 1 atom stereocenters. The van der Waals surface area contributed by atoms with Gasteiger partial charge in [0.15, 0.2) is 5.75 Å². The van der Waals surface area contributed by atoms with Crippen LogP contribution >= 0.6 is 0 Å². The van der Waals surface area contributed by atoms with E-state index in [1.165, 1.54) is 22.3 Å². The van der Waals surface area contributed by atoms with Crippen LogP contribution in [-0.4, -0.2) is 41.3 Å². The summed E-state index contributed by atoms with van der Waals surface area (Å²) < 4.78 is 5.16. The van der Waals surface area contributed by atoms with Gasteiger partial charge in [-0.1, -0.05) is 32.0 Å². The molecule has 4 rings (SSSR count). The van der Waals surface area contributed by atoms with Crippen molar-refractivity contribution in [2.45, 2.75) is 64.5 Å². The zero-order valence-corrected chi connectivity index (χ0v) is 19.2. The second-order valence-electron chi connectivity index (χ2n) is 8.81. The first kappa shape index (κ1) is 23.4. The monoisotopic (exact) mass is 452 g/mol. The first-order chi connectivity index (χ1) is 15.9. The number of hydrogen-bond acceptors (Lipinski definition) is 6. The highest BCUT2D eigenvalue weighted by Gasteiger charge is 2.27. The van der Waals surface area contributed by atoms with E-state index in [0.717, 1.165) is 31.2 Å². The van der Waals surface area contributed by atoms with Crippen molar-refractivity contribution in [3.05, 3.63) is 57.6 Å². The van der Waals surface area contributed by atoms with Gasteiger partial charge in [0.05, 0.1) is 11.8 Å². The Labute approximate surface area is 194 Å². The molecule has 0 spiro atoms. The van der Waals surface area contributed by atoms with Gasteiger partial charge in [0.2, 0.25) is 5.91 Å². The molecule has 0 saturated heterocycles. The van der Waals surface area contributed by atoms with Crippen LogP contribution in [0.4, 0.5) is 5.69 Å². The summed E-state index contributed by atoms with van der Waals surface area (Å²) >= 11 is 0. The lowest BCUT2D eigenvalue weighted by molar-refractivity contribution is -0.137. The molecule has 176 valence electrons. The number of ether oxygens (including phenoxy) is 1. The van der Waals surface area contributed by atoms with Gasteiger partial charge >= 0.3 is 5.97 Å². The maximum absolute atomic E-state index is 11.9. The van der Waals surface area contributed by atoms with Gasteiger partial charge in [-0.15, -0.1) is 0 Å². The van der Waals surface area contributed by atoms with E-state index in [9.17, 15) is 14.7 Å². The Balaban J connectivity index is 1.46. The number of anilines is 1. The van der Waals surface area contributed by atoms with Crippen LogP contribution in [0, 0.1) is 0 Å². The number of amides is 1. The Bertz CT molecular complexity index is 1030. The fourth-order valence-corrected chi connectivity index (χ4v) is 5.01. The molecule has 1 aliphatic heterocycles. The van der Waals surface area contributed by atoms with Gasteiger partial charge in [-0.25, -0.2) is 4.79 Å². The maximum Gasteiger partial charge on any atom is 0.337 e. The highest BCUT2D eigenvalue weighted by Crippen LogP contribution is 2.37. The first-order valence-electron chi connectivity index (χ1n) is 11.8. The minimum absolute atomic E-state index is 0.171. The van der Waals surface area contributed by atoms with Crippen molar-refractivity contribution in [1.82, 2.24) is 5.32 Å². The zero-order valence-electron chi connectivity index (χ0n) is 19.2. The van der Waals surface area contributed by atoms with Crippen LogP contribution in [0.3, 0.4) is 0 Å². The Hall–Kier alpha value is -2.74. The van der Waals surface area contributed by atoms with Gasteiger partial charge in [0.1, 0.15) is 6.61 Å². The Morgan fingerprint density at radius 3 is 2.42 bits per heavy atom. The molecule has 33 heavy (non-hydrogen) atoms. The fourth-order valence-electron chi connectivity index (χ4n) is 5.01. The number of aliphatic hydroxyl groups is 2. The number of fused-ring (bicyclic) bond motifs is 2. The second kappa shape index (κ2) is 10.0. The van der Waals surface area contributed by atoms with Gasteiger partial charge < -0.3 is 25.6 Å². The van der Waals surface area contributed by atoms with Crippen molar-refractivity contribution < 1.29 is 24.5 Å². The summed E-state index contributed by atoms with van der Waals surface area (Å²) in [5.41, 5.74) is 7.51. The third kappa shape index (κ3) is 4.95. The largest absolute Gasteiger partial charge is 0.423 e. The zero-order chi connectivity index (χ0) is 23.5. The minimum atomic E-state index is -0.801. The average molecular weight is 453 g/mol. The van der Waals surface area contributed by atoms with E-state index in [1.807, 2.05) is 0 Å². The van der Waals surface area contributed by atoms with E-state index in [1.54, 1.807) is 12.1 Å². The van der Waals surface area contributed by atoms with E-state index >= 15 is 0 Å². The molecule has 0 fully saturated rings. The topological polar surface area (TPSA) is 108 Å². The maximum atomic E-state index is 11.9. The molecule has 2 aromatic carbocycles. The van der Waals surface area contributed by atoms with Crippen molar-refractivity contribution in [3.63, 3.8) is 0 Å². The average Bonchev–Trinajstić information content (AvgIpc) is 3.23. The van der Waals surface area contributed by atoms with Gasteiger partial charge in [-0.3, -0.25) is 4.79 Å². The number of esters is 1. The Kier molecular flexibility index (Phi) is 7.12. The number of aliphatic hydroxyl groups excluding tert-OH is 2. The molecule has 1 heterocycles. The summed E-state index contributed by atoms with van der Waals surface area (Å²) in [6.45, 7) is 4.03. The minimum Gasteiger partial charge on any atom is -0.423 e. The molecule has 0 saturated carbocycles. The van der Waals surface area contributed by atoms with E-state index in [2.05, 4.69) is 36.6 Å². The van der Waals surface area contributed by atoms with Crippen LogP contribution < -0.4 is 15.4 Å². The number of benzene rings is 2. The van der Waals surface area contributed by atoms with Crippen molar-refractivity contribution >= 4 is 17.6 Å². The molecule has 7 heteroatoms. The van der Waals surface area contributed by atoms with Crippen LogP contribution in [0.25, 0.3) is 0 Å². The molecule has 1 unspecified atom stereocenters. The number of nitrogens with one attached hydrogen (secondary N) is 2. The highest BCUT2D eigenvalue weighted by atomic mass is 16.5. The molecule has 0 bridgehead atoms. The number of carbonyl (C=O) groups excluding carboxylic acids is 2. The molecular weight excluding hydrogens is 420 g/mol. The van der Waals surface area contributed by atoms with Gasteiger partial charge in [0.25, 0.3) is 0 Å². The summed E-state index contributed by atoms with van der Waals surface area (Å²) in [4.78, 5) is 23.5. The van der Waals surface area contributed by atoms with Gasteiger partial charge in [0, 0.05) is 19.0 Å².